The quantitative estimate of drug-likeness (QED) is 0.690. The van der Waals surface area contributed by atoms with Crippen molar-refractivity contribution in [3.8, 4) is 0 Å². The van der Waals surface area contributed by atoms with E-state index < -0.39 is 0 Å². The third kappa shape index (κ3) is 1.55. The second kappa shape index (κ2) is 3.70. The van der Waals surface area contributed by atoms with Crippen LogP contribution in [0.1, 0.15) is 13.8 Å². The Morgan fingerprint density at radius 1 is 1.58 bits per heavy atom. The second-order valence-electron chi connectivity index (χ2n) is 3.68. The Bertz CT molecular complexity index is 202. The molecular formula is C8H11Br3O. The van der Waals surface area contributed by atoms with Crippen molar-refractivity contribution in [1.82, 2.24) is 0 Å². The van der Waals surface area contributed by atoms with Crippen LogP contribution in [0.25, 0.3) is 0 Å². The highest BCUT2D eigenvalue weighted by Crippen LogP contribution is 2.50. The first-order chi connectivity index (χ1) is 5.42. The van der Waals surface area contributed by atoms with E-state index in [-0.39, 0.29) is 10.2 Å². The van der Waals surface area contributed by atoms with Crippen LogP contribution in [0.5, 0.6) is 0 Å². The van der Waals surface area contributed by atoms with Gasteiger partial charge in [-0.25, -0.2) is 0 Å². The Morgan fingerprint density at radius 2 is 2.08 bits per heavy atom. The fourth-order valence-corrected chi connectivity index (χ4v) is 5.08. The van der Waals surface area contributed by atoms with Crippen molar-refractivity contribution in [3.63, 3.8) is 0 Å². The fourth-order valence-electron chi connectivity index (χ4n) is 1.68. The minimum absolute atomic E-state index is 0.0365. The van der Waals surface area contributed by atoms with Crippen LogP contribution >= 0.6 is 47.8 Å². The van der Waals surface area contributed by atoms with Crippen LogP contribution in [0.15, 0.2) is 0 Å². The lowest BCUT2D eigenvalue weighted by Crippen LogP contribution is -2.59. The van der Waals surface area contributed by atoms with Crippen molar-refractivity contribution in [3.05, 3.63) is 0 Å². The molecule has 12 heavy (non-hydrogen) atoms. The summed E-state index contributed by atoms with van der Waals surface area (Å²) in [6, 6.07) is 0. The zero-order valence-electron chi connectivity index (χ0n) is 6.98. The van der Waals surface area contributed by atoms with Gasteiger partial charge in [-0.3, -0.25) is 4.79 Å². The van der Waals surface area contributed by atoms with Gasteiger partial charge in [0.25, 0.3) is 0 Å². The van der Waals surface area contributed by atoms with E-state index in [1.54, 1.807) is 0 Å². The minimum Gasteiger partial charge on any atom is -0.298 e. The molecule has 0 aromatic rings. The molecule has 1 aliphatic carbocycles. The summed E-state index contributed by atoms with van der Waals surface area (Å²) in [4.78, 5) is 11.8. The summed E-state index contributed by atoms with van der Waals surface area (Å²) in [5, 5.41) is 0.885. The summed E-state index contributed by atoms with van der Waals surface area (Å²) in [5.41, 5.74) is -0.171. The topological polar surface area (TPSA) is 17.1 Å². The molecule has 3 unspecified atom stereocenters. The molecule has 4 heteroatoms. The van der Waals surface area contributed by atoms with E-state index in [1.165, 1.54) is 0 Å². The van der Waals surface area contributed by atoms with Gasteiger partial charge in [0.1, 0.15) is 0 Å². The summed E-state index contributed by atoms with van der Waals surface area (Å²) >= 11 is 10.4. The van der Waals surface area contributed by atoms with E-state index >= 15 is 0 Å². The van der Waals surface area contributed by atoms with Crippen molar-refractivity contribution in [2.24, 2.45) is 11.3 Å². The second-order valence-corrected chi connectivity index (χ2v) is 6.49. The number of hydrogen-bond acceptors (Lipinski definition) is 1. The Balaban J connectivity index is 2.73. The number of Topliss-reactive ketones (excluding diaryl/α,β-unsaturated/α-hetero) is 1. The summed E-state index contributed by atoms with van der Waals surface area (Å²) in [5.74, 6) is 0.710. The standard InChI is InChI=1S/C8H11Br3O/c1-8(2)5(4(10)3-9)6(11)7(8)12/h4-6H,3H2,1-2H3. The summed E-state index contributed by atoms with van der Waals surface area (Å²) in [6.07, 6.45) is 0. The van der Waals surface area contributed by atoms with E-state index in [9.17, 15) is 4.79 Å². The van der Waals surface area contributed by atoms with Crippen molar-refractivity contribution in [2.75, 3.05) is 5.33 Å². The van der Waals surface area contributed by atoms with Crippen LogP contribution in [-0.2, 0) is 4.79 Å². The van der Waals surface area contributed by atoms with Crippen LogP contribution in [0.4, 0.5) is 0 Å². The van der Waals surface area contributed by atoms with Gasteiger partial charge >= 0.3 is 0 Å². The molecule has 0 heterocycles. The molecule has 0 amide bonds. The predicted molar refractivity (Wildman–Crippen MR) is 61.5 cm³/mol. The van der Waals surface area contributed by atoms with Gasteiger partial charge in [0, 0.05) is 21.5 Å². The number of rotatable bonds is 2. The number of ketones is 1. The molecule has 1 aliphatic rings. The Hall–Kier alpha value is 1.11. The highest BCUT2D eigenvalue weighted by atomic mass is 79.9. The van der Waals surface area contributed by atoms with Gasteiger partial charge < -0.3 is 0 Å². The SMILES string of the molecule is CC1(C)C(=O)C(Br)C1C(Br)CBr. The Labute approximate surface area is 98.1 Å². The van der Waals surface area contributed by atoms with Crippen molar-refractivity contribution in [1.29, 1.82) is 0 Å². The molecule has 0 spiro atoms. The molecule has 0 aromatic carbocycles. The highest BCUT2D eigenvalue weighted by molar-refractivity contribution is 9.12. The third-order valence-corrected chi connectivity index (χ3v) is 6.02. The van der Waals surface area contributed by atoms with Crippen molar-refractivity contribution in [2.45, 2.75) is 23.5 Å². The lowest BCUT2D eigenvalue weighted by atomic mass is 9.60. The molecule has 1 nitrogen and oxygen atoms in total. The molecule has 1 fully saturated rings. The average molecular weight is 363 g/mol. The maximum Gasteiger partial charge on any atom is 0.152 e. The zero-order chi connectivity index (χ0) is 9.52. The molecule has 0 saturated heterocycles. The van der Waals surface area contributed by atoms with Gasteiger partial charge in [-0.05, 0) is 0 Å². The van der Waals surface area contributed by atoms with Crippen LogP contribution in [0, 0.1) is 11.3 Å². The highest BCUT2D eigenvalue weighted by Gasteiger charge is 2.56. The van der Waals surface area contributed by atoms with Gasteiger partial charge in [0.15, 0.2) is 5.78 Å². The van der Waals surface area contributed by atoms with Crippen LogP contribution < -0.4 is 0 Å². The molecule has 1 saturated carbocycles. The first kappa shape index (κ1) is 11.2. The molecule has 1 rings (SSSR count). The van der Waals surface area contributed by atoms with Crippen molar-refractivity contribution >= 4 is 53.6 Å². The summed E-state index contributed by atoms with van der Waals surface area (Å²) < 4.78 is 0. The number of halogens is 3. The molecule has 0 bridgehead atoms. The Morgan fingerprint density at radius 3 is 2.42 bits per heavy atom. The van der Waals surface area contributed by atoms with E-state index in [1.807, 2.05) is 13.8 Å². The molecule has 0 N–H and O–H groups in total. The zero-order valence-corrected chi connectivity index (χ0v) is 11.7. The first-order valence-electron chi connectivity index (χ1n) is 3.81. The monoisotopic (exact) mass is 360 g/mol. The Kier molecular flexibility index (Phi) is 3.45. The normalized spacial score (nSPS) is 35.9. The predicted octanol–water partition coefficient (Wildman–Crippen LogP) is 3.13. The molecule has 0 aromatic heterocycles. The largest absolute Gasteiger partial charge is 0.298 e. The molecular weight excluding hydrogens is 352 g/mol. The van der Waals surface area contributed by atoms with Crippen LogP contribution in [0.2, 0.25) is 0 Å². The molecule has 3 atom stereocenters. The summed E-state index contributed by atoms with van der Waals surface area (Å²) in [6.45, 7) is 4.02. The van der Waals surface area contributed by atoms with Gasteiger partial charge in [0.05, 0.1) is 4.83 Å². The maximum absolute atomic E-state index is 11.4. The van der Waals surface area contributed by atoms with E-state index in [2.05, 4.69) is 47.8 Å². The molecule has 70 valence electrons. The molecule has 0 radical (unpaired) electrons. The van der Waals surface area contributed by atoms with Gasteiger partial charge in [-0.2, -0.15) is 0 Å². The lowest BCUT2D eigenvalue weighted by molar-refractivity contribution is -0.140. The minimum atomic E-state index is -0.171. The number of carbonyl (C=O) groups excluding carboxylic acids is 1. The maximum atomic E-state index is 11.4. The smallest absolute Gasteiger partial charge is 0.152 e. The average Bonchev–Trinajstić information content (AvgIpc) is 2.03. The van der Waals surface area contributed by atoms with Gasteiger partial charge in [-0.15, -0.1) is 0 Å². The lowest BCUT2D eigenvalue weighted by Gasteiger charge is -2.49. The summed E-state index contributed by atoms with van der Waals surface area (Å²) in [7, 11) is 0. The van der Waals surface area contributed by atoms with Gasteiger partial charge in [0.2, 0.25) is 0 Å². The van der Waals surface area contributed by atoms with Gasteiger partial charge in [-0.1, -0.05) is 61.6 Å². The third-order valence-electron chi connectivity index (χ3n) is 2.57. The van der Waals surface area contributed by atoms with Crippen LogP contribution in [0.3, 0.4) is 0 Å². The number of carbonyl (C=O) groups is 1. The van der Waals surface area contributed by atoms with Crippen molar-refractivity contribution < 1.29 is 4.79 Å². The van der Waals surface area contributed by atoms with E-state index in [4.69, 9.17) is 0 Å². The van der Waals surface area contributed by atoms with E-state index in [0.29, 0.717) is 16.5 Å². The number of alkyl halides is 3. The van der Waals surface area contributed by atoms with E-state index in [0.717, 1.165) is 5.33 Å². The fraction of sp³-hybridized carbons (Fsp3) is 0.875. The first-order valence-corrected chi connectivity index (χ1v) is 6.76. The molecule has 0 aliphatic heterocycles. The number of hydrogen-bond donors (Lipinski definition) is 0. The van der Waals surface area contributed by atoms with Crippen LogP contribution in [-0.4, -0.2) is 20.8 Å².